The molecule has 2 atom stereocenters. The average Bonchev–Trinajstić information content (AvgIpc) is 3.17. The van der Waals surface area contributed by atoms with Gasteiger partial charge in [0.05, 0.1) is 0 Å². The van der Waals surface area contributed by atoms with Gasteiger partial charge in [-0.2, -0.15) is 0 Å². The molecule has 136 valence electrons. The second-order valence-corrected chi connectivity index (χ2v) is 9.81. The molecule has 26 heavy (non-hydrogen) atoms. The van der Waals surface area contributed by atoms with Crippen LogP contribution < -0.4 is 0 Å². The lowest BCUT2D eigenvalue weighted by atomic mass is 9.62. The van der Waals surface area contributed by atoms with Gasteiger partial charge >= 0.3 is 5.97 Å². The molecule has 0 spiro atoms. The highest BCUT2D eigenvalue weighted by atomic mass is 16.4. The second-order valence-electron chi connectivity index (χ2n) is 9.81. The number of fused-ring (bicyclic) bond motifs is 2. The van der Waals surface area contributed by atoms with E-state index in [-0.39, 0.29) is 16.2 Å². The molecule has 1 fully saturated rings. The number of rotatable bonds is 1. The molecule has 0 aromatic heterocycles. The highest BCUT2D eigenvalue weighted by molar-refractivity contribution is 5.87. The Balaban J connectivity index is 1.75. The van der Waals surface area contributed by atoms with E-state index in [2.05, 4.69) is 64.7 Å². The molecular weight excluding hydrogens is 320 g/mol. The number of carboxylic acids is 1. The summed E-state index contributed by atoms with van der Waals surface area (Å²) in [6, 6.07) is 4.93. The van der Waals surface area contributed by atoms with Gasteiger partial charge in [0.25, 0.3) is 0 Å². The summed E-state index contributed by atoms with van der Waals surface area (Å²) < 4.78 is 0. The van der Waals surface area contributed by atoms with Gasteiger partial charge in [0, 0.05) is 22.8 Å². The minimum atomic E-state index is -1.04. The van der Waals surface area contributed by atoms with E-state index < -0.39 is 5.97 Å². The SMILES string of the molecule is Cc1cc2c(cc1C13CC=C(C#CC(=O)O)C1C3)C(C)(C)CCC2(C)C. The summed E-state index contributed by atoms with van der Waals surface area (Å²) in [7, 11) is 0. The molecule has 2 nitrogen and oxygen atoms in total. The third kappa shape index (κ3) is 2.44. The van der Waals surface area contributed by atoms with Crippen molar-refractivity contribution in [2.24, 2.45) is 5.92 Å². The quantitative estimate of drug-likeness (QED) is 0.724. The molecule has 2 unspecified atom stereocenters. The maximum absolute atomic E-state index is 10.8. The van der Waals surface area contributed by atoms with Crippen LogP contribution in [0.4, 0.5) is 0 Å². The van der Waals surface area contributed by atoms with Crippen LogP contribution >= 0.6 is 0 Å². The van der Waals surface area contributed by atoms with Crippen molar-refractivity contribution >= 4 is 5.97 Å². The van der Waals surface area contributed by atoms with Crippen LogP contribution in [0.25, 0.3) is 0 Å². The zero-order chi connectivity index (χ0) is 18.9. The van der Waals surface area contributed by atoms with Crippen LogP contribution in [0, 0.1) is 24.7 Å². The molecule has 1 saturated carbocycles. The van der Waals surface area contributed by atoms with Crippen molar-refractivity contribution in [2.75, 3.05) is 0 Å². The summed E-state index contributed by atoms with van der Waals surface area (Å²) in [6.07, 6.45) is 6.72. The smallest absolute Gasteiger partial charge is 0.382 e. The number of aryl methyl sites for hydroxylation is 1. The van der Waals surface area contributed by atoms with Crippen molar-refractivity contribution in [2.45, 2.75) is 76.5 Å². The van der Waals surface area contributed by atoms with Gasteiger partial charge in [-0.05, 0) is 65.7 Å². The van der Waals surface area contributed by atoms with Gasteiger partial charge in [0.2, 0.25) is 0 Å². The summed E-state index contributed by atoms with van der Waals surface area (Å²) in [5.41, 5.74) is 7.53. The van der Waals surface area contributed by atoms with E-state index >= 15 is 0 Å². The number of aliphatic carboxylic acids is 1. The van der Waals surface area contributed by atoms with E-state index in [0.717, 1.165) is 18.4 Å². The maximum atomic E-state index is 10.8. The first kappa shape index (κ1) is 17.4. The Morgan fingerprint density at radius 2 is 1.69 bits per heavy atom. The van der Waals surface area contributed by atoms with E-state index in [1.54, 1.807) is 0 Å². The molecule has 1 aromatic carbocycles. The van der Waals surface area contributed by atoms with Crippen LogP contribution in [-0.2, 0) is 21.0 Å². The van der Waals surface area contributed by atoms with Crippen molar-refractivity contribution < 1.29 is 9.90 Å². The van der Waals surface area contributed by atoms with Crippen LogP contribution in [0.3, 0.4) is 0 Å². The molecule has 2 heteroatoms. The lowest BCUT2D eigenvalue weighted by molar-refractivity contribution is -0.130. The van der Waals surface area contributed by atoms with E-state index in [0.29, 0.717) is 5.92 Å². The standard InChI is InChI=1S/C24H28O2/c1-15-12-18-19(23(4,5)11-10-22(18,2)3)13-17(15)24-9-8-16(20(24)14-24)6-7-21(25)26/h8,12-13,20H,9-11,14H2,1-5H3,(H,25,26). The predicted octanol–water partition coefficient (Wildman–Crippen LogP) is 5.02. The molecule has 0 amide bonds. The van der Waals surface area contributed by atoms with Gasteiger partial charge in [-0.25, -0.2) is 4.79 Å². The first-order valence-corrected chi connectivity index (χ1v) is 9.68. The largest absolute Gasteiger partial charge is 0.472 e. The summed E-state index contributed by atoms with van der Waals surface area (Å²) in [5.74, 6) is 4.55. The monoisotopic (exact) mass is 348 g/mol. The number of benzene rings is 1. The van der Waals surface area contributed by atoms with Gasteiger partial charge in [0.15, 0.2) is 0 Å². The van der Waals surface area contributed by atoms with Crippen LogP contribution in [0.1, 0.15) is 75.6 Å². The zero-order valence-electron chi connectivity index (χ0n) is 16.5. The Hall–Kier alpha value is -2.01. The Morgan fingerprint density at radius 1 is 1.08 bits per heavy atom. The summed E-state index contributed by atoms with van der Waals surface area (Å²) in [4.78, 5) is 10.8. The van der Waals surface area contributed by atoms with Crippen LogP contribution in [0.2, 0.25) is 0 Å². The lowest BCUT2D eigenvalue weighted by Crippen LogP contribution is -2.34. The first-order valence-electron chi connectivity index (χ1n) is 9.68. The number of carbonyl (C=O) groups is 1. The third-order valence-electron chi connectivity index (χ3n) is 7.18. The van der Waals surface area contributed by atoms with Gasteiger partial charge in [-0.15, -0.1) is 0 Å². The molecule has 4 rings (SSSR count). The van der Waals surface area contributed by atoms with E-state index in [4.69, 9.17) is 5.11 Å². The molecule has 1 aromatic rings. The van der Waals surface area contributed by atoms with Crippen LogP contribution in [0.5, 0.6) is 0 Å². The molecule has 0 bridgehead atoms. The highest BCUT2D eigenvalue weighted by Crippen LogP contribution is 2.65. The Labute approximate surface area is 156 Å². The minimum absolute atomic E-state index is 0.166. The summed E-state index contributed by atoms with van der Waals surface area (Å²) in [6.45, 7) is 11.7. The van der Waals surface area contributed by atoms with Crippen molar-refractivity contribution in [3.05, 3.63) is 46.0 Å². The summed E-state index contributed by atoms with van der Waals surface area (Å²) >= 11 is 0. The summed E-state index contributed by atoms with van der Waals surface area (Å²) in [5, 5.41) is 8.84. The van der Waals surface area contributed by atoms with E-state index in [1.807, 2.05) is 0 Å². The molecule has 0 heterocycles. The Bertz CT molecular complexity index is 904. The minimum Gasteiger partial charge on any atom is -0.472 e. The molecule has 3 aliphatic carbocycles. The van der Waals surface area contributed by atoms with Crippen LogP contribution in [0.15, 0.2) is 23.8 Å². The van der Waals surface area contributed by atoms with Crippen molar-refractivity contribution in [1.29, 1.82) is 0 Å². The number of hydrogen-bond donors (Lipinski definition) is 1. The van der Waals surface area contributed by atoms with Crippen molar-refractivity contribution in [3.8, 4) is 11.8 Å². The van der Waals surface area contributed by atoms with E-state index in [1.165, 1.54) is 35.1 Å². The number of hydrogen-bond acceptors (Lipinski definition) is 1. The highest BCUT2D eigenvalue weighted by Gasteiger charge is 2.59. The molecule has 0 radical (unpaired) electrons. The fourth-order valence-electron chi connectivity index (χ4n) is 5.30. The number of allylic oxidation sites excluding steroid dienone is 2. The van der Waals surface area contributed by atoms with Gasteiger partial charge in [-0.3, -0.25) is 0 Å². The fraction of sp³-hybridized carbons (Fsp3) is 0.542. The molecule has 1 N–H and O–H groups in total. The van der Waals surface area contributed by atoms with E-state index in [9.17, 15) is 4.79 Å². The van der Waals surface area contributed by atoms with Gasteiger partial charge in [-0.1, -0.05) is 51.8 Å². The average molecular weight is 348 g/mol. The molecule has 0 saturated heterocycles. The van der Waals surface area contributed by atoms with Crippen molar-refractivity contribution in [3.63, 3.8) is 0 Å². The fourth-order valence-corrected chi connectivity index (χ4v) is 5.30. The molecule has 0 aliphatic heterocycles. The Morgan fingerprint density at radius 3 is 2.27 bits per heavy atom. The lowest BCUT2D eigenvalue weighted by Gasteiger charge is -2.43. The first-order chi connectivity index (χ1) is 12.1. The topological polar surface area (TPSA) is 37.3 Å². The van der Waals surface area contributed by atoms with Gasteiger partial charge in [0.1, 0.15) is 0 Å². The predicted molar refractivity (Wildman–Crippen MR) is 104 cm³/mol. The molecule has 3 aliphatic rings. The maximum Gasteiger partial charge on any atom is 0.382 e. The normalized spacial score (nSPS) is 29.7. The molecular formula is C24H28O2. The van der Waals surface area contributed by atoms with Crippen molar-refractivity contribution in [1.82, 2.24) is 0 Å². The van der Waals surface area contributed by atoms with Gasteiger partial charge < -0.3 is 5.11 Å². The zero-order valence-corrected chi connectivity index (χ0v) is 16.5. The Kier molecular flexibility index (Phi) is 3.52. The second kappa shape index (κ2) is 5.26. The third-order valence-corrected chi connectivity index (χ3v) is 7.18. The number of carboxylic acid groups (broad SMARTS) is 1. The van der Waals surface area contributed by atoms with Crippen LogP contribution in [-0.4, -0.2) is 11.1 Å².